The first-order chi connectivity index (χ1) is 12.9. The van der Waals surface area contributed by atoms with Gasteiger partial charge < -0.3 is 10.5 Å². The Bertz CT molecular complexity index is 855. The molecule has 0 saturated carbocycles. The van der Waals surface area contributed by atoms with E-state index in [9.17, 15) is 4.79 Å². The van der Waals surface area contributed by atoms with Crippen molar-refractivity contribution in [2.45, 2.75) is 44.4 Å². The summed E-state index contributed by atoms with van der Waals surface area (Å²) in [6.07, 6.45) is 5.69. The molecule has 142 valence electrons. The minimum absolute atomic E-state index is 0.108. The summed E-state index contributed by atoms with van der Waals surface area (Å²) >= 11 is 1.58. The van der Waals surface area contributed by atoms with Gasteiger partial charge in [-0.2, -0.15) is 0 Å². The zero-order valence-corrected chi connectivity index (χ0v) is 16.5. The summed E-state index contributed by atoms with van der Waals surface area (Å²) in [5.41, 5.74) is 7.49. The van der Waals surface area contributed by atoms with Crippen LogP contribution in [0.3, 0.4) is 0 Å². The average Bonchev–Trinajstić information content (AvgIpc) is 2.62. The van der Waals surface area contributed by atoms with Gasteiger partial charge in [-0.05, 0) is 38.0 Å². The van der Waals surface area contributed by atoms with Crippen molar-refractivity contribution in [3.63, 3.8) is 0 Å². The Kier molecular flexibility index (Phi) is 5.74. The number of rotatable bonds is 6. The lowest BCUT2D eigenvalue weighted by Gasteiger charge is -2.32. The molecule has 7 nitrogen and oxygen atoms in total. The quantitative estimate of drug-likeness (QED) is 0.763. The van der Waals surface area contributed by atoms with E-state index < -0.39 is 5.54 Å². The van der Waals surface area contributed by atoms with E-state index in [4.69, 9.17) is 10.5 Å². The lowest BCUT2D eigenvalue weighted by atomic mass is 9.90. The maximum atomic E-state index is 12.5. The normalized spacial score (nSPS) is 22.2. The molecule has 0 amide bonds. The minimum atomic E-state index is -0.479. The summed E-state index contributed by atoms with van der Waals surface area (Å²) in [4.78, 5) is 29.9. The molecule has 0 radical (unpaired) electrons. The zero-order valence-electron chi connectivity index (χ0n) is 15.7. The van der Waals surface area contributed by atoms with Crippen molar-refractivity contribution in [3.8, 4) is 5.88 Å². The molecular weight excluding hydrogens is 362 g/mol. The second-order valence-electron chi connectivity index (χ2n) is 6.68. The van der Waals surface area contributed by atoms with Crippen LogP contribution in [0.2, 0.25) is 0 Å². The number of carbonyl (C=O) groups excluding carboxylic acids is 1. The molecule has 0 aromatic carbocycles. The predicted octanol–water partition coefficient (Wildman–Crippen LogP) is 2.75. The Morgan fingerprint density at radius 3 is 2.85 bits per heavy atom. The van der Waals surface area contributed by atoms with Crippen molar-refractivity contribution in [2.24, 2.45) is 10.7 Å². The molecule has 2 N–H and O–H groups in total. The summed E-state index contributed by atoms with van der Waals surface area (Å²) in [6.45, 7) is 6.53. The number of aliphatic imine (C=N–C) groups is 1. The van der Waals surface area contributed by atoms with Crippen LogP contribution in [-0.2, 0) is 12.0 Å². The van der Waals surface area contributed by atoms with Crippen molar-refractivity contribution >= 4 is 22.7 Å². The second-order valence-corrected chi connectivity index (χ2v) is 8.14. The number of aromatic nitrogens is 3. The van der Waals surface area contributed by atoms with Crippen LogP contribution in [0.1, 0.15) is 48.9 Å². The molecule has 8 heteroatoms. The van der Waals surface area contributed by atoms with Gasteiger partial charge in [-0.3, -0.25) is 9.78 Å². The molecule has 0 spiro atoms. The van der Waals surface area contributed by atoms with E-state index in [0.29, 0.717) is 28.6 Å². The van der Waals surface area contributed by atoms with E-state index in [1.54, 1.807) is 18.0 Å². The fourth-order valence-electron chi connectivity index (χ4n) is 3.12. The Hall–Kier alpha value is -2.48. The number of ether oxygens (including phenoxy) is 1. The molecule has 0 unspecified atom stereocenters. The molecule has 0 bridgehead atoms. The number of nitrogens with two attached hydrogens (primary N) is 1. The summed E-state index contributed by atoms with van der Waals surface area (Å²) in [5, 5.41) is 0.933. The number of thioether (sulfide) groups is 1. The Morgan fingerprint density at radius 1 is 1.37 bits per heavy atom. The van der Waals surface area contributed by atoms with Crippen LogP contribution < -0.4 is 10.5 Å². The molecule has 3 rings (SSSR count). The molecule has 2 atom stereocenters. The average molecular weight is 385 g/mol. The summed E-state index contributed by atoms with van der Waals surface area (Å²) < 4.78 is 5.25. The maximum absolute atomic E-state index is 12.5. The van der Waals surface area contributed by atoms with E-state index in [0.717, 1.165) is 17.7 Å². The van der Waals surface area contributed by atoms with Crippen LogP contribution >= 0.6 is 11.8 Å². The Balaban J connectivity index is 1.77. The van der Waals surface area contributed by atoms with E-state index in [1.807, 2.05) is 26.0 Å². The maximum Gasteiger partial charge on any atom is 0.232 e. The third-order valence-electron chi connectivity index (χ3n) is 4.31. The molecule has 1 aliphatic rings. The van der Waals surface area contributed by atoms with Crippen LogP contribution in [0, 0.1) is 0 Å². The molecule has 0 aliphatic carbocycles. The van der Waals surface area contributed by atoms with Gasteiger partial charge in [0.05, 0.1) is 24.7 Å². The minimum Gasteiger partial charge on any atom is -0.477 e. The third kappa shape index (κ3) is 4.63. The van der Waals surface area contributed by atoms with Gasteiger partial charge in [0.25, 0.3) is 0 Å². The van der Waals surface area contributed by atoms with Gasteiger partial charge in [-0.25, -0.2) is 15.0 Å². The number of nitrogens with zero attached hydrogens (tertiary/aromatic N) is 4. The Labute approximate surface area is 162 Å². The number of amidine groups is 1. The monoisotopic (exact) mass is 385 g/mol. The van der Waals surface area contributed by atoms with Gasteiger partial charge >= 0.3 is 0 Å². The van der Waals surface area contributed by atoms with Crippen molar-refractivity contribution < 1.29 is 9.53 Å². The lowest BCUT2D eigenvalue weighted by molar-refractivity contribution is 0.0987. The molecule has 1 aliphatic heterocycles. The number of Topliss-reactive ketones (excluding diaryl/α,β-unsaturated/α-hetero) is 1. The molecular formula is C19H23N5O2S. The molecule has 0 saturated heterocycles. The van der Waals surface area contributed by atoms with Gasteiger partial charge in [0, 0.05) is 17.9 Å². The predicted molar refractivity (Wildman–Crippen MR) is 106 cm³/mol. The van der Waals surface area contributed by atoms with Crippen molar-refractivity contribution in [1.29, 1.82) is 0 Å². The van der Waals surface area contributed by atoms with E-state index >= 15 is 0 Å². The van der Waals surface area contributed by atoms with E-state index in [2.05, 4.69) is 26.9 Å². The highest BCUT2D eigenvalue weighted by Crippen LogP contribution is 2.37. The van der Waals surface area contributed by atoms with Gasteiger partial charge in [0.1, 0.15) is 11.2 Å². The summed E-state index contributed by atoms with van der Waals surface area (Å²) in [7, 11) is 0. The first-order valence-corrected chi connectivity index (χ1v) is 9.73. The number of carbonyl (C=O) groups is 1. The van der Waals surface area contributed by atoms with E-state index in [-0.39, 0.29) is 12.2 Å². The van der Waals surface area contributed by atoms with Gasteiger partial charge in [0.2, 0.25) is 5.88 Å². The number of hydrogen-bond donors (Lipinski definition) is 1. The molecule has 27 heavy (non-hydrogen) atoms. The van der Waals surface area contributed by atoms with Crippen LogP contribution in [-0.4, -0.2) is 37.8 Å². The largest absolute Gasteiger partial charge is 0.477 e. The molecule has 0 fully saturated rings. The Morgan fingerprint density at radius 2 is 2.19 bits per heavy atom. The standard InChI is InChI=1S/C19H23N5O2S/c1-4-26-17-11-22-14(10-23-17)15(25)7-13-5-6-21-16(8-13)19(3)9-12(2)27-18(20)24-19/h5-6,8,10-12H,4,7,9H2,1-3H3,(H2,20,24)/t12-,19+/m1/s1. The smallest absolute Gasteiger partial charge is 0.232 e. The van der Waals surface area contributed by atoms with Crippen LogP contribution in [0.5, 0.6) is 5.88 Å². The highest BCUT2D eigenvalue weighted by atomic mass is 32.2. The van der Waals surface area contributed by atoms with Crippen LogP contribution in [0.15, 0.2) is 35.7 Å². The molecule has 2 aromatic rings. The van der Waals surface area contributed by atoms with Crippen molar-refractivity contribution in [1.82, 2.24) is 15.0 Å². The SMILES string of the molecule is CCOc1cnc(C(=O)Cc2ccnc([C@]3(C)C[C@@H](C)SC(N)=N3)c2)cn1. The van der Waals surface area contributed by atoms with E-state index in [1.165, 1.54) is 12.4 Å². The number of pyridine rings is 1. The van der Waals surface area contributed by atoms with Crippen LogP contribution in [0.25, 0.3) is 0 Å². The highest BCUT2D eigenvalue weighted by molar-refractivity contribution is 8.14. The first-order valence-electron chi connectivity index (χ1n) is 8.85. The van der Waals surface area contributed by atoms with Crippen LogP contribution in [0.4, 0.5) is 0 Å². The van der Waals surface area contributed by atoms with Crippen molar-refractivity contribution in [3.05, 3.63) is 47.7 Å². The highest BCUT2D eigenvalue weighted by Gasteiger charge is 2.34. The van der Waals surface area contributed by atoms with Gasteiger partial charge in [-0.1, -0.05) is 18.7 Å². The molecule has 2 aromatic heterocycles. The summed E-state index contributed by atoms with van der Waals surface area (Å²) in [6, 6.07) is 3.76. The molecule has 3 heterocycles. The number of hydrogen-bond acceptors (Lipinski definition) is 8. The fraction of sp³-hybridized carbons (Fsp3) is 0.421. The van der Waals surface area contributed by atoms with Crippen molar-refractivity contribution in [2.75, 3.05) is 6.61 Å². The van der Waals surface area contributed by atoms with Gasteiger partial charge in [-0.15, -0.1) is 0 Å². The lowest BCUT2D eigenvalue weighted by Crippen LogP contribution is -2.33. The second kappa shape index (κ2) is 8.04. The topological polar surface area (TPSA) is 103 Å². The fourth-order valence-corrected chi connectivity index (χ4v) is 4.20. The number of ketones is 1. The third-order valence-corrected chi connectivity index (χ3v) is 5.21. The first kappa shape index (κ1) is 19.3. The summed E-state index contributed by atoms with van der Waals surface area (Å²) in [5.74, 6) is 0.302. The van der Waals surface area contributed by atoms with Gasteiger partial charge in [0.15, 0.2) is 11.0 Å². The zero-order chi connectivity index (χ0) is 19.4.